The molecule has 4 aliphatic rings. The van der Waals surface area contributed by atoms with Gasteiger partial charge in [-0.1, -0.05) is 13.0 Å². The number of halogens is 1. The maximum Gasteiger partial charge on any atom is 0.318 e. The number of nitrogens with zero attached hydrogens (tertiary/aromatic N) is 5. The SMILES string of the molecule is C[C@H]1CC[C@]2(Cc3nc(OC[C@@]45CCCN4C[C@H](F)C5)nc(N(C)CCO)c3CO2)c2c1ccc(N)c2C#N. The first-order chi connectivity index (χ1) is 18.8. The zero-order chi connectivity index (χ0) is 27.4. The van der Waals surface area contributed by atoms with E-state index in [1.54, 1.807) is 0 Å². The van der Waals surface area contributed by atoms with E-state index in [2.05, 4.69) is 17.9 Å². The third kappa shape index (κ3) is 4.31. The molecule has 4 atom stereocenters. The molecule has 2 saturated heterocycles. The molecule has 10 heteroatoms. The average molecular weight is 537 g/mol. The number of nitrogens with two attached hydrogens (primary N) is 1. The van der Waals surface area contributed by atoms with Gasteiger partial charge in [0.25, 0.3) is 0 Å². The van der Waals surface area contributed by atoms with Crippen molar-refractivity contribution >= 4 is 11.5 Å². The van der Waals surface area contributed by atoms with Crippen LogP contribution in [-0.4, -0.2) is 71.6 Å². The Bertz CT molecular complexity index is 1320. The predicted molar refractivity (Wildman–Crippen MR) is 144 cm³/mol. The van der Waals surface area contributed by atoms with Gasteiger partial charge in [0, 0.05) is 49.8 Å². The minimum atomic E-state index is -0.836. The molecular weight excluding hydrogens is 499 g/mol. The van der Waals surface area contributed by atoms with Gasteiger partial charge in [-0.15, -0.1) is 0 Å². The second kappa shape index (κ2) is 9.88. The largest absolute Gasteiger partial charge is 0.461 e. The van der Waals surface area contributed by atoms with Crippen LogP contribution in [0.15, 0.2) is 12.1 Å². The standard InChI is InChI=1S/C29H37FN6O3/c1-18-6-8-29(25-20(18)4-5-23(32)21(25)14-31)13-24-22(16-39-29)26(35(2)10-11-37)34-27(33-24)38-17-28-7-3-9-36(28)15-19(30)12-28/h4-5,18-19,37H,3,6-13,15-17,32H2,1-2H3/t18-,19+,28-,29-/m0/s1. The average Bonchev–Trinajstić information content (AvgIpc) is 3.45. The lowest BCUT2D eigenvalue weighted by Crippen LogP contribution is -2.44. The molecule has 0 bridgehead atoms. The summed E-state index contributed by atoms with van der Waals surface area (Å²) in [4.78, 5) is 13.7. The molecule has 3 aliphatic heterocycles. The monoisotopic (exact) mass is 536 g/mol. The van der Waals surface area contributed by atoms with E-state index in [4.69, 9.17) is 25.2 Å². The van der Waals surface area contributed by atoms with Crippen LogP contribution in [0, 0.1) is 11.3 Å². The number of nitrogen functional groups attached to an aromatic ring is 1. The molecule has 1 aliphatic carbocycles. The third-order valence-electron chi connectivity index (χ3n) is 9.37. The van der Waals surface area contributed by atoms with Gasteiger partial charge >= 0.3 is 6.01 Å². The molecule has 2 aromatic rings. The van der Waals surface area contributed by atoms with Gasteiger partial charge in [-0.25, -0.2) is 4.39 Å². The topological polar surface area (TPSA) is 121 Å². The van der Waals surface area contributed by atoms with Crippen molar-refractivity contribution in [1.29, 1.82) is 5.26 Å². The Hall–Kier alpha value is -3.00. The van der Waals surface area contributed by atoms with Crippen molar-refractivity contribution < 1.29 is 19.0 Å². The van der Waals surface area contributed by atoms with Gasteiger partial charge in [0.15, 0.2) is 0 Å². The van der Waals surface area contributed by atoms with Gasteiger partial charge in [0.2, 0.25) is 0 Å². The van der Waals surface area contributed by atoms with E-state index in [0.717, 1.165) is 54.6 Å². The van der Waals surface area contributed by atoms with Crippen molar-refractivity contribution in [2.45, 2.75) is 75.3 Å². The number of aliphatic hydroxyl groups excluding tert-OH is 1. The molecule has 0 amide bonds. The molecule has 1 aromatic carbocycles. The van der Waals surface area contributed by atoms with Crippen molar-refractivity contribution in [3.05, 3.63) is 40.1 Å². The van der Waals surface area contributed by atoms with Crippen LogP contribution in [0.1, 0.15) is 72.9 Å². The molecule has 208 valence electrons. The van der Waals surface area contributed by atoms with E-state index in [1.165, 1.54) is 0 Å². The van der Waals surface area contributed by atoms with Crippen LogP contribution in [0.2, 0.25) is 0 Å². The highest BCUT2D eigenvalue weighted by Crippen LogP contribution is 2.51. The normalized spacial score (nSPS) is 29.5. The lowest BCUT2D eigenvalue weighted by atomic mass is 9.69. The first-order valence-electron chi connectivity index (χ1n) is 14.0. The number of rotatable bonds is 6. The van der Waals surface area contributed by atoms with Crippen LogP contribution in [0.4, 0.5) is 15.9 Å². The van der Waals surface area contributed by atoms with Crippen molar-refractivity contribution in [1.82, 2.24) is 14.9 Å². The van der Waals surface area contributed by atoms with Crippen molar-refractivity contribution in [2.24, 2.45) is 0 Å². The highest BCUT2D eigenvalue weighted by molar-refractivity contribution is 5.64. The van der Waals surface area contributed by atoms with E-state index in [9.17, 15) is 14.8 Å². The predicted octanol–water partition coefficient (Wildman–Crippen LogP) is 3.18. The summed E-state index contributed by atoms with van der Waals surface area (Å²) in [5.74, 6) is 0.949. The van der Waals surface area contributed by atoms with E-state index < -0.39 is 11.8 Å². The lowest BCUT2D eigenvalue weighted by Gasteiger charge is -2.44. The number of benzene rings is 1. The fourth-order valence-electron chi connectivity index (χ4n) is 7.31. The quantitative estimate of drug-likeness (QED) is 0.536. The Morgan fingerprint density at radius 3 is 3.00 bits per heavy atom. The fraction of sp³-hybridized carbons (Fsp3) is 0.621. The summed E-state index contributed by atoms with van der Waals surface area (Å²) >= 11 is 0. The lowest BCUT2D eigenvalue weighted by molar-refractivity contribution is -0.0873. The Labute approximate surface area is 228 Å². The summed E-state index contributed by atoms with van der Waals surface area (Å²) in [6.07, 6.45) is 3.70. The summed E-state index contributed by atoms with van der Waals surface area (Å²) in [5.41, 5.74) is 9.83. The smallest absolute Gasteiger partial charge is 0.318 e. The maximum absolute atomic E-state index is 14.3. The molecule has 0 radical (unpaired) electrons. The molecule has 0 saturated carbocycles. The van der Waals surface area contributed by atoms with Gasteiger partial charge in [-0.2, -0.15) is 15.2 Å². The molecule has 6 rings (SSSR count). The third-order valence-corrected chi connectivity index (χ3v) is 9.37. The zero-order valence-corrected chi connectivity index (χ0v) is 22.7. The molecule has 1 aromatic heterocycles. The Kier molecular flexibility index (Phi) is 6.64. The van der Waals surface area contributed by atoms with Gasteiger partial charge in [-0.3, -0.25) is 4.90 Å². The Balaban J connectivity index is 1.38. The summed E-state index contributed by atoms with van der Waals surface area (Å²) in [6, 6.07) is 6.44. The summed E-state index contributed by atoms with van der Waals surface area (Å²) in [7, 11) is 1.88. The van der Waals surface area contributed by atoms with Crippen LogP contribution >= 0.6 is 0 Å². The van der Waals surface area contributed by atoms with Gasteiger partial charge in [0.05, 0.1) is 30.0 Å². The van der Waals surface area contributed by atoms with Gasteiger partial charge in [-0.05, 0) is 49.8 Å². The van der Waals surface area contributed by atoms with Crippen LogP contribution in [-0.2, 0) is 23.4 Å². The Morgan fingerprint density at radius 1 is 1.36 bits per heavy atom. The van der Waals surface area contributed by atoms with Crippen molar-refractivity contribution in [3.8, 4) is 12.1 Å². The highest BCUT2D eigenvalue weighted by atomic mass is 19.1. The molecule has 4 heterocycles. The van der Waals surface area contributed by atoms with E-state index in [-0.39, 0.29) is 24.8 Å². The van der Waals surface area contributed by atoms with Crippen LogP contribution < -0.4 is 15.4 Å². The second-order valence-electron chi connectivity index (χ2n) is 11.8. The summed E-state index contributed by atoms with van der Waals surface area (Å²) in [6.45, 7) is 4.50. The number of aliphatic hydroxyl groups is 1. The number of alkyl halides is 1. The maximum atomic E-state index is 14.3. The number of likely N-dealkylation sites (N-methyl/N-ethyl adjacent to an activating group) is 1. The van der Waals surface area contributed by atoms with E-state index in [0.29, 0.717) is 55.5 Å². The van der Waals surface area contributed by atoms with E-state index >= 15 is 0 Å². The number of ether oxygens (including phenoxy) is 2. The number of nitriles is 1. The zero-order valence-electron chi connectivity index (χ0n) is 22.7. The summed E-state index contributed by atoms with van der Waals surface area (Å²) in [5, 5.41) is 19.7. The Morgan fingerprint density at radius 2 is 2.21 bits per heavy atom. The molecule has 9 nitrogen and oxygen atoms in total. The molecule has 0 unspecified atom stereocenters. The number of hydrogen-bond acceptors (Lipinski definition) is 9. The van der Waals surface area contributed by atoms with Crippen molar-refractivity contribution in [2.75, 3.05) is 50.5 Å². The highest BCUT2D eigenvalue weighted by Gasteiger charge is 2.50. The van der Waals surface area contributed by atoms with Crippen LogP contribution in [0.5, 0.6) is 6.01 Å². The van der Waals surface area contributed by atoms with E-state index in [1.807, 2.05) is 24.1 Å². The molecule has 1 spiro atoms. The van der Waals surface area contributed by atoms with Crippen LogP contribution in [0.25, 0.3) is 0 Å². The minimum Gasteiger partial charge on any atom is -0.461 e. The summed E-state index contributed by atoms with van der Waals surface area (Å²) < 4.78 is 27.3. The van der Waals surface area contributed by atoms with Crippen molar-refractivity contribution in [3.63, 3.8) is 0 Å². The first kappa shape index (κ1) is 26.2. The minimum absolute atomic E-state index is 0.0255. The number of anilines is 2. The first-order valence-corrected chi connectivity index (χ1v) is 14.0. The molecule has 3 N–H and O–H groups in total. The molecule has 39 heavy (non-hydrogen) atoms. The number of fused-ring (bicyclic) bond motifs is 4. The number of aromatic nitrogens is 2. The molecular formula is C29H37FN6O3. The second-order valence-corrected chi connectivity index (χ2v) is 11.8. The van der Waals surface area contributed by atoms with Gasteiger partial charge in [0.1, 0.15) is 30.3 Å². The van der Waals surface area contributed by atoms with Gasteiger partial charge < -0.3 is 25.2 Å². The molecule has 2 fully saturated rings. The number of hydrogen-bond donors (Lipinski definition) is 2. The van der Waals surface area contributed by atoms with Crippen LogP contribution in [0.3, 0.4) is 0 Å². The fourth-order valence-corrected chi connectivity index (χ4v) is 7.31.